The van der Waals surface area contributed by atoms with Crippen LogP contribution in [0.2, 0.25) is 0 Å². The molecule has 2 aliphatic rings. The third-order valence-electron chi connectivity index (χ3n) is 4.09. The minimum Gasteiger partial charge on any atom is -0.384 e. The van der Waals surface area contributed by atoms with Gasteiger partial charge < -0.3 is 10.1 Å². The van der Waals surface area contributed by atoms with E-state index in [2.05, 4.69) is 19.2 Å². The van der Waals surface area contributed by atoms with E-state index < -0.39 is 0 Å². The van der Waals surface area contributed by atoms with Crippen molar-refractivity contribution in [3.05, 3.63) is 0 Å². The molecular weight excluding hydrogens is 244 g/mol. The fraction of sp³-hybridized carbons (Fsp3) is 0.929. The second-order valence-electron chi connectivity index (χ2n) is 6.08. The molecule has 0 bridgehead atoms. The number of aliphatic imine (C=N–C) groups is 1. The van der Waals surface area contributed by atoms with E-state index in [-0.39, 0.29) is 0 Å². The van der Waals surface area contributed by atoms with Crippen molar-refractivity contribution in [2.24, 2.45) is 16.8 Å². The first-order chi connectivity index (χ1) is 8.63. The van der Waals surface area contributed by atoms with Crippen LogP contribution in [-0.4, -0.2) is 36.7 Å². The van der Waals surface area contributed by atoms with Crippen molar-refractivity contribution in [3.63, 3.8) is 0 Å². The van der Waals surface area contributed by atoms with Crippen LogP contribution >= 0.6 is 11.8 Å². The lowest BCUT2D eigenvalue weighted by atomic mass is 9.78. The Kier molecular flexibility index (Phi) is 4.96. The highest BCUT2D eigenvalue weighted by Crippen LogP contribution is 2.38. The first-order valence-electron chi connectivity index (χ1n) is 7.08. The highest BCUT2D eigenvalue weighted by molar-refractivity contribution is 8.14. The molecule has 3 nitrogen and oxygen atoms in total. The fourth-order valence-electron chi connectivity index (χ4n) is 2.75. The average Bonchev–Trinajstić information content (AvgIpc) is 2.75. The van der Waals surface area contributed by atoms with Crippen molar-refractivity contribution in [2.45, 2.75) is 45.1 Å². The summed E-state index contributed by atoms with van der Waals surface area (Å²) in [4.78, 5) is 4.70. The molecule has 4 heteroatoms. The maximum atomic E-state index is 5.14. The van der Waals surface area contributed by atoms with Crippen molar-refractivity contribution in [1.29, 1.82) is 0 Å². The third-order valence-corrected chi connectivity index (χ3v) is 5.29. The fourth-order valence-corrected chi connectivity index (χ4v) is 3.98. The maximum Gasteiger partial charge on any atom is 0.157 e. The van der Waals surface area contributed by atoms with E-state index in [4.69, 9.17) is 9.73 Å². The van der Waals surface area contributed by atoms with Gasteiger partial charge in [-0.1, -0.05) is 25.6 Å². The van der Waals surface area contributed by atoms with Gasteiger partial charge in [-0.3, -0.25) is 4.99 Å². The van der Waals surface area contributed by atoms with Crippen LogP contribution < -0.4 is 5.32 Å². The van der Waals surface area contributed by atoms with Crippen molar-refractivity contribution in [3.8, 4) is 0 Å². The summed E-state index contributed by atoms with van der Waals surface area (Å²) in [6.45, 7) is 6.22. The molecule has 2 rings (SSSR count). The zero-order chi connectivity index (χ0) is 13.0. The van der Waals surface area contributed by atoms with Crippen LogP contribution in [0, 0.1) is 11.8 Å². The molecule has 1 unspecified atom stereocenters. The van der Waals surface area contributed by atoms with E-state index in [1.54, 1.807) is 7.11 Å². The second kappa shape index (κ2) is 6.29. The molecule has 18 heavy (non-hydrogen) atoms. The van der Waals surface area contributed by atoms with Crippen molar-refractivity contribution >= 4 is 16.9 Å². The lowest BCUT2D eigenvalue weighted by Crippen LogP contribution is -2.46. The summed E-state index contributed by atoms with van der Waals surface area (Å²) in [5.41, 5.74) is 0.362. The molecule has 104 valence electrons. The molecule has 0 aromatic heterocycles. The van der Waals surface area contributed by atoms with Gasteiger partial charge in [0.1, 0.15) is 0 Å². The number of nitrogens with zero attached hydrogens (tertiary/aromatic N) is 1. The Bertz CT molecular complexity index is 298. The zero-order valence-electron chi connectivity index (χ0n) is 11.9. The number of hydrogen-bond acceptors (Lipinski definition) is 3. The van der Waals surface area contributed by atoms with Gasteiger partial charge in [0.2, 0.25) is 0 Å². The van der Waals surface area contributed by atoms with Crippen LogP contribution in [0.25, 0.3) is 0 Å². The van der Waals surface area contributed by atoms with Crippen LogP contribution in [0.5, 0.6) is 0 Å². The Balaban J connectivity index is 1.82. The van der Waals surface area contributed by atoms with Crippen LogP contribution in [0.1, 0.15) is 39.5 Å². The maximum absolute atomic E-state index is 5.14. The van der Waals surface area contributed by atoms with Crippen molar-refractivity contribution < 1.29 is 4.74 Å². The molecule has 1 heterocycles. The molecule has 1 N–H and O–H groups in total. The lowest BCUT2D eigenvalue weighted by Gasteiger charge is -2.35. The largest absolute Gasteiger partial charge is 0.384 e. The minimum atomic E-state index is 0.362. The molecule has 2 fully saturated rings. The SMILES string of the molecule is COCC(C)CN=C1NC2(CCC(C)CC2)CS1. The molecule has 0 amide bonds. The standard InChI is InChI=1S/C14H26N2OS/c1-11-4-6-14(7-5-11)10-18-13(16-14)15-8-12(2)9-17-3/h11-12H,4-10H2,1-3H3,(H,15,16). The van der Waals surface area contributed by atoms with Crippen LogP contribution in [0.15, 0.2) is 4.99 Å². The summed E-state index contributed by atoms with van der Waals surface area (Å²) >= 11 is 1.91. The van der Waals surface area contributed by atoms with E-state index in [0.717, 1.165) is 24.2 Å². The molecule has 1 saturated heterocycles. The first kappa shape index (κ1) is 14.2. The summed E-state index contributed by atoms with van der Waals surface area (Å²) in [5.74, 6) is 2.62. The molecule has 1 atom stereocenters. The molecule has 1 saturated carbocycles. The van der Waals surface area contributed by atoms with E-state index in [9.17, 15) is 0 Å². The van der Waals surface area contributed by atoms with Gasteiger partial charge >= 0.3 is 0 Å². The van der Waals surface area contributed by atoms with Crippen LogP contribution in [0.4, 0.5) is 0 Å². The van der Waals surface area contributed by atoms with Crippen molar-refractivity contribution in [1.82, 2.24) is 5.32 Å². The quantitative estimate of drug-likeness (QED) is 0.853. The topological polar surface area (TPSA) is 33.6 Å². The number of methoxy groups -OCH3 is 1. The lowest BCUT2D eigenvalue weighted by molar-refractivity contribution is 0.163. The number of hydrogen-bond donors (Lipinski definition) is 1. The summed E-state index contributed by atoms with van der Waals surface area (Å²) in [6, 6.07) is 0. The summed E-state index contributed by atoms with van der Waals surface area (Å²) in [5, 5.41) is 4.86. The summed E-state index contributed by atoms with van der Waals surface area (Å²) < 4.78 is 5.14. The highest BCUT2D eigenvalue weighted by Gasteiger charge is 2.39. The van der Waals surface area contributed by atoms with Crippen LogP contribution in [0.3, 0.4) is 0 Å². The van der Waals surface area contributed by atoms with Gasteiger partial charge in [0.25, 0.3) is 0 Å². The monoisotopic (exact) mass is 270 g/mol. The number of thioether (sulfide) groups is 1. The molecule has 1 aliphatic carbocycles. The van der Waals surface area contributed by atoms with Gasteiger partial charge in [-0.15, -0.1) is 0 Å². The minimum absolute atomic E-state index is 0.362. The molecule has 1 spiro atoms. The van der Waals surface area contributed by atoms with Gasteiger partial charge in [-0.05, 0) is 37.5 Å². The number of ether oxygens (including phenoxy) is 1. The Labute approximate surface area is 115 Å². The zero-order valence-corrected chi connectivity index (χ0v) is 12.7. The molecule has 0 aromatic rings. The Morgan fingerprint density at radius 2 is 2.22 bits per heavy atom. The van der Waals surface area contributed by atoms with Gasteiger partial charge in [0.15, 0.2) is 5.17 Å². The van der Waals surface area contributed by atoms with E-state index >= 15 is 0 Å². The van der Waals surface area contributed by atoms with E-state index in [1.165, 1.54) is 31.4 Å². The summed E-state index contributed by atoms with van der Waals surface area (Å²) in [6.07, 6.45) is 5.35. The van der Waals surface area contributed by atoms with E-state index in [1.807, 2.05) is 11.8 Å². The highest BCUT2D eigenvalue weighted by atomic mass is 32.2. The number of rotatable bonds is 4. The number of amidine groups is 1. The molecule has 1 aliphatic heterocycles. The Morgan fingerprint density at radius 3 is 2.89 bits per heavy atom. The smallest absolute Gasteiger partial charge is 0.157 e. The van der Waals surface area contributed by atoms with Gasteiger partial charge in [-0.2, -0.15) is 0 Å². The number of nitrogens with one attached hydrogen (secondary N) is 1. The molecule has 0 aromatic carbocycles. The average molecular weight is 270 g/mol. The predicted molar refractivity (Wildman–Crippen MR) is 79.3 cm³/mol. The van der Waals surface area contributed by atoms with Gasteiger partial charge in [0, 0.05) is 24.9 Å². The Morgan fingerprint density at radius 1 is 1.50 bits per heavy atom. The van der Waals surface area contributed by atoms with Gasteiger partial charge in [-0.25, -0.2) is 0 Å². The van der Waals surface area contributed by atoms with Crippen LogP contribution in [-0.2, 0) is 4.74 Å². The van der Waals surface area contributed by atoms with Gasteiger partial charge in [0.05, 0.1) is 6.61 Å². The predicted octanol–water partition coefficient (Wildman–Crippen LogP) is 2.91. The normalized spacial score (nSPS) is 35.9. The Hall–Kier alpha value is -0.220. The first-order valence-corrected chi connectivity index (χ1v) is 8.06. The van der Waals surface area contributed by atoms with Crippen molar-refractivity contribution in [2.75, 3.05) is 26.0 Å². The summed E-state index contributed by atoms with van der Waals surface area (Å²) in [7, 11) is 1.75. The molecule has 0 radical (unpaired) electrons. The second-order valence-corrected chi connectivity index (χ2v) is 7.05. The third kappa shape index (κ3) is 3.64. The molecular formula is C14H26N2OS. The van der Waals surface area contributed by atoms with E-state index in [0.29, 0.717) is 11.5 Å².